The van der Waals surface area contributed by atoms with E-state index in [0.29, 0.717) is 17.5 Å². The third-order valence-corrected chi connectivity index (χ3v) is 9.09. The van der Waals surface area contributed by atoms with E-state index in [4.69, 9.17) is 37.4 Å². The summed E-state index contributed by atoms with van der Waals surface area (Å²) in [6.45, 7) is 0.797. The maximum Gasteiger partial charge on any atom is 0.336 e. The van der Waals surface area contributed by atoms with Gasteiger partial charge in [-0.2, -0.15) is 0 Å². The number of hydrogen-bond donors (Lipinski definition) is 7. The van der Waals surface area contributed by atoms with Crippen LogP contribution in [0.2, 0.25) is 0 Å². The van der Waals surface area contributed by atoms with Gasteiger partial charge in [0.25, 0.3) is 0 Å². The molecule has 1 aliphatic rings. The molecule has 0 spiro atoms. The Labute approximate surface area is 284 Å². The summed E-state index contributed by atoms with van der Waals surface area (Å²) in [6, 6.07) is 18.4. The number of carbonyl (C=O) groups is 4. The fraction of sp³-hybridized carbons (Fsp3) is 0.441. The van der Waals surface area contributed by atoms with Crippen LogP contribution in [-0.4, -0.2) is 98.7 Å². The van der Waals surface area contributed by atoms with E-state index in [1.54, 1.807) is 0 Å². The first-order valence-electron chi connectivity index (χ1n) is 15.5. The molecular formula is C34H44N4O9S. The molecule has 0 bridgehead atoms. The van der Waals surface area contributed by atoms with Crippen LogP contribution < -0.4 is 10.6 Å². The average Bonchev–Trinajstić information content (AvgIpc) is 3.45. The smallest absolute Gasteiger partial charge is 0.336 e. The van der Waals surface area contributed by atoms with Crippen LogP contribution >= 0.6 is 12.2 Å². The Morgan fingerprint density at radius 2 is 1.58 bits per heavy atom. The van der Waals surface area contributed by atoms with Crippen molar-refractivity contribution in [2.24, 2.45) is 5.92 Å². The molecule has 1 heterocycles. The Kier molecular flexibility index (Phi) is 13.5. The summed E-state index contributed by atoms with van der Waals surface area (Å²) in [7, 11) is 5.78. The first kappa shape index (κ1) is 37.9. The number of benzene rings is 2. The van der Waals surface area contributed by atoms with Crippen molar-refractivity contribution >= 4 is 52.1 Å². The van der Waals surface area contributed by atoms with Crippen molar-refractivity contribution in [3.63, 3.8) is 0 Å². The zero-order chi connectivity index (χ0) is 35.5. The number of nitrogens with one attached hydrogen (secondary N) is 3. The molecule has 1 atom stereocenters. The zero-order valence-electron chi connectivity index (χ0n) is 27.3. The molecule has 1 aromatic heterocycles. The summed E-state index contributed by atoms with van der Waals surface area (Å²) < 4.78 is 5.05. The maximum absolute atomic E-state index is 12.5. The molecule has 14 heteroatoms. The van der Waals surface area contributed by atoms with Crippen LogP contribution in [-0.2, 0) is 35.9 Å². The predicted molar refractivity (Wildman–Crippen MR) is 182 cm³/mol. The lowest BCUT2D eigenvalue weighted by Gasteiger charge is -2.45. The largest absolute Gasteiger partial charge is 0.481 e. The standard InChI is InChI=1S/C28H36N4O2S.C6H8O7/c1-32(2)28(22-9-5-4-6-10-22)15-13-20(14-16-28)18-30-27(35)31-25(26(33)34-3)17-21-19-29-24-12-8-7-11-23(21)24;7-3(8)1-6(13,5(11)12)2-4(9)10/h4-12,19-20,25,29H,13-18H2,1-3H3,(H2,30,31,35);13H,1-2H2,(H,7,8)(H,9,10)(H,11,12). The molecule has 13 nitrogen and oxygen atoms in total. The third-order valence-electron chi connectivity index (χ3n) is 8.83. The minimum atomic E-state index is -2.74. The van der Waals surface area contributed by atoms with Gasteiger partial charge in [0.1, 0.15) is 6.04 Å². The number of rotatable bonds is 13. The van der Waals surface area contributed by atoms with Crippen molar-refractivity contribution in [3.8, 4) is 0 Å². The minimum Gasteiger partial charge on any atom is -0.481 e. The number of carboxylic acid groups (broad SMARTS) is 3. The van der Waals surface area contributed by atoms with Gasteiger partial charge in [0.15, 0.2) is 10.7 Å². The molecule has 1 fully saturated rings. The Bertz CT molecular complexity index is 1550. The Hall–Kier alpha value is -4.53. The fourth-order valence-corrected chi connectivity index (χ4v) is 6.34. The molecule has 7 N–H and O–H groups in total. The summed E-state index contributed by atoms with van der Waals surface area (Å²) in [5.74, 6) is -4.80. The van der Waals surface area contributed by atoms with E-state index >= 15 is 0 Å². The van der Waals surface area contributed by atoms with Crippen molar-refractivity contribution < 1.29 is 44.3 Å². The molecule has 260 valence electrons. The van der Waals surface area contributed by atoms with Gasteiger partial charge in [-0.05, 0) is 75.1 Å². The van der Waals surface area contributed by atoms with Gasteiger partial charge in [0.05, 0.1) is 20.0 Å². The lowest BCUT2D eigenvalue weighted by molar-refractivity contribution is -0.170. The van der Waals surface area contributed by atoms with Gasteiger partial charge < -0.3 is 40.8 Å². The Balaban J connectivity index is 0.000000408. The number of aromatic nitrogens is 1. The maximum atomic E-state index is 12.5. The minimum absolute atomic E-state index is 0.0891. The summed E-state index contributed by atoms with van der Waals surface area (Å²) in [5.41, 5.74) is 0.850. The summed E-state index contributed by atoms with van der Waals surface area (Å²) in [4.78, 5) is 48.6. The highest BCUT2D eigenvalue weighted by atomic mass is 32.1. The van der Waals surface area contributed by atoms with Crippen LogP contribution in [0.1, 0.15) is 49.7 Å². The molecule has 0 saturated heterocycles. The third kappa shape index (κ3) is 9.99. The molecule has 4 rings (SSSR count). The number of hydrogen-bond acceptors (Lipinski definition) is 8. The zero-order valence-corrected chi connectivity index (χ0v) is 28.1. The van der Waals surface area contributed by atoms with Gasteiger partial charge >= 0.3 is 23.9 Å². The van der Waals surface area contributed by atoms with E-state index in [1.165, 1.54) is 12.7 Å². The van der Waals surface area contributed by atoms with Gasteiger partial charge in [-0.1, -0.05) is 48.5 Å². The molecule has 0 radical (unpaired) electrons. The van der Waals surface area contributed by atoms with Crippen molar-refractivity contribution in [1.82, 2.24) is 20.5 Å². The van der Waals surface area contributed by atoms with Crippen LogP contribution in [0.15, 0.2) is 60.8 Å². The van der Waals surface area contributed by atoms with E-state index in [2.05, 4.69) is 71.0 Å². The monoisotopic (exact) mass is 684 g/mol. The number of methoxy groups -OCH3 is 1. The molecule has 1 saturated carbocycles. The number of ether oxygens (including phenoxy) is 1. The highest BCUT2D eigenvalue weighted by molar-refractivity contribution is 7.80. The summed E-state index contributed by atoms with van der Waals surface area (Å²) in [5, 5.41) is 42.0. The number of aliphatic hydroxyl groups is 1. The number of carbonyl (C=O) groups excluding carboxylic acids is 1. The number of aliphatic carboxylic acids is 3. The van der Waals surface area contributed by atoms with Crippen LogP contribution in [0.3, 0.4) is 0 Å². The van der Waals surface area contributed by atoms with E-state index in [9.17, 15) is 19.2 Å². The van der Waals surface area contributed by atoms with Gasteiger partial charge in [-0.15, -0.1) is 0 Å². The number of carboxylic acids is 3. The lowest BCUT2D eigenvalue weighted by atomic mass is 9.72. The Morgan fingerprint density at radius 3 is 2.12 bits per heavy atom. The summed E-state index contributed by atoms with van der Waals surface area (Å²) >= 11 is 5.57. The Morgan fingerprint density at radius 1 is 1.00 bits per heavy atom. The molecule has 48 heavy (non-hydrogen) atoms. The second-order valence-electron chi connectivity index (χ2n) is 12.2. The van der Waals surface area contributed by atoms with Crippen LogP contribution in [0.4, 0.5) is 0 Å². The highest BCUT2D eigenvalue weighted by Gasteiger charge is 2.41. The van der Waals surface area contributed by atoms with Crippen LogP contribution in [0.25, 0.3) is 10.9 Å². The molecule has 1 aliphatic carbocycles. The quantitative estimate of drug-likeness (QED) is 0.102. The van der Waals surface area contributed by atoms with E-state index in [-0.39, 0.29) is 11.5 Å². The molecular weight excluding hydrogens is 640 g/mol. The molecule has 3 aromatic rings. The van der Waals surface area contributed by atoms with Crippen molar-refractivity contribution in [3.05, 3.63) is 71.9 Å². The van der Waals surface area contributed by atoms with Gasteiger partial charge in [0.2, 0.25) is 0 Å². The summed E-state index contributed by atoms with van der Waals surface area (Å²) in [6.07, 6.45) is 4.62. The molecule has 0 amide bonds. The van der Waals surface area contributed by atoms with Crippen molar-refractivity contribution in [2.75, 3.05) is 27.7 Å². The van der Waals surface area contributed by atoms with Crippen LogP contribution in [0.5, 0.6) is 0 Å². The first-order chi connectivity index (χ1) is 22.7. The second-order valence-corrected chi connectivity index (χ2v) is 12.6. The average molecular weight is 685 g/mol. The lowest BCUT2D eigenvalue weighted by Crippen LogP contribution is -2.49. The predicted octanol–water partition coefficient (Wildman–Crippen LogP) is 3.11. The number of fused-ring (bicyclic) bond motifs is 1. The van der Waals surface area contributed by atoms with E-state index in [0.717, 1.165) is 48.7 Å². The normalized spacial score (nSPS) is 18.2. The van der Waals surface area contributed by atoms with Crippen molar-refractivity contribution in [1.29, 1.82) is 0 Å². The first-order valence-corrected chi connectivity index (χ1v) is 15.9. The number of nitrogens with zero attached hydrogens (tertiary/aromatic N) is 1. The molecule has 0 aliphatic heterocycles. The molecule has 1 unspecified atom stereocenters. The van der Waals surface area contributed by atoms with E-state index < -0.39 is 42.4 Å². The molecule has 2 aromatic carbocycles. The number of H-pyrrole nitrogens is 1. The number of para-hydroxylation sites is 1. The number of aromatic amines is 1. The highest BCUT2D eigenvalue weighted by Crippen LogP contribution is 2.42. The van der Waals surface area contributed by atoms with Gasteiger partial charge in [0, 0.05) is 35.6 Å². The van der Waals surface area contributed by atoms with Gasteiger partial charge in [-0.25, -0.2) is 9.59 Å². The van der Waals surface area contributed by atoms with Crippen LogP contribution in [0, 0.1) is 5.92 Å². The van der Waals surface area contributed by atoms with Crippen molar-refractivity contribution in [2.45, 2.75) is 62.1 Å². The number of thiocarbonyl (C=S) groups is 1. The second kappa shape index (κ2) is 17.0. The van der Waals surface area contributed by atoms with Gasteiger partial charge in [-0.3, -0.25) is 14.5 Å². The SMILES string of the molecule is COC(=O)C(Cc1c[nH]c2ccccc12)NC(=S)NCC1CCC(c2ccccc2)(N(C)C)CC1.O=C(O)CC(O)(CC(=O)O)C(=O)O. The number of esters is 1. The van der Waals surface area contributed by atoms with E-state index in [1.807, 2.05) is 24.4 Å². The fourth-order valence-electron chi connectivity index (χ4n) is 6.12. The topological polar surface area (TPSA) is 202 Å².